The highest BCUT2D eigenvalue weighted by Crippen LogP contribution is 2.20. The molecule has 3 rings (SSSR count). The Labute approximate surface area is 130 Å². The summed E-state index contributed by atoms with van der Waals surface area (Å²) in [4.78, 5) is 26.2. The second-order valence-corrected chi connectivity index (χ2v) is 6.03. The van der Waals surface area contributed by atoms with E-state index in [0.29, 0.717) is 18.8 Å². The first kappa shape index (κ1) is 14.9. The van der Waals surface area contributed by atoms with Crippen LogP contribution in [0.1, 0.15) is 42.7 Å². The molecule has 1 saturated heterocycles. The van der Waals surface area contributed by atoms with Gasteiger partial charge in [-0.2, -0.15) is 0 Å². The van der Waals surface area contributed by atoms with Crippen LogP contribution in [0.25, 0.3) is 0 Å². The summed E-state index contributed by atoms with van der Waals surface area (Å²) in [5, 5.41) is 3.15. The van der Waals surface area contributed by atoms with Crippen molar-refractivity contribution in [2.45, 2.75) is 38.1 Å². The van der Waals surface area contributed by atoms with Gasteiger partial charge >= 0.3 is 0 Å². The number of carbonyl (C=O) groups excluding carboxylic acids is 2. The molecule has 1 aromatic rings. The van der Waals surface area contributed by atoms with E-state index in [9.17, 15) is 9.59 Å². The molecule has 0 spiro atoms. The summed E-state index contributed by atoms with van der Waals surface area (Å²) in [7, 11) is 0. The molecule has 2 amide bonds. The molecule has 5 nitrogen and oxygen atoms in total. The summed E-state index contributed by atoms with van der Waals surface area (Å²) in [6.07, 6.45) is 10.1. The Morgan fingerprint density at radius 2 is 2.00 bits per heavy atom. The minimum atomic E-state index is -0.0628. The SMILES string of the molecule is O=C(NC1CCN(C(=O)c2ccco2)CC1)[C@@H]1CC=CCC1. The lowest BCUT2D eigenvalue weighted by Crippen LogP contribution is -2.47. The largest absolute Gasteiger partial charge is 0.459 e. The van der Waals surface area contributed by atoms with E-state index in [4.69, 9.17) is 4.42 Å². The van der Waals surface area contributed by atoms with Gasteiger partial charge in [0.15, 0.2) is 5.76 Å². The molecular weight excluding hydrogens is 280 g/mol. The smallest absolute Gasteiger partial charge is 0.289 e. The molecule has 0 radical (unpaired) electrons. The van der Waals surface area contributed by atoms with Gasteiger partial charge < -0.3 is 14.6 Å². The van der Waals surface area contributed by atoms with Crippen molar-refractivity contribution in [3.63, 3.8) is 0 Å². The van der Waals surface area contributed by atoms with Gasteiger partial charge in [-0.1, -0.05) is 12.2 Å². The molecule has 1 N–H and O–H groups in total. The highest BCUT2D eigenvalue weighted by atomic mass is 16.3. The van der Waals surface area contributed by atoms with E-state index in [1.54, 1.807) is 17.0 Å². The van der Waals surface area contributed by atoms with Crippen LogP contribution in [0.3, 0.4) is 0 Å². The maximum atomic E-state index is 12.2. The Balaban J connectivity index is 1.46. The Morgan fingerprint density at radius 1 is 1.18 bits per heavy atom. The highest BCUT2D eigenvalue weighted by molar-refractivity contribution is 5.91. The van der Waals surface area contributed by atoms with Crippen molar-refractivity contribution in [1.82, 2.24) is 10.2 Å². The number of hydrogen-bond acceptors (Lipinski definition) is 3. The number of hydrogen-bond donors (Lipinski definition) is 1. The number of rotatable bonds is 3. The topological polar surface area (TPSA) is 62.6 Å². The standard InChI is InChI=1S/C17H22N2O3/c20-16(13-5-2-1-3-6-13)18-14-8-10-19(11-9-14)17(21)15-7-4-12-22-15/h1-2,4,7,12-14H,3,5-6,8-11H2,(H,18,20)/t13-/m1/s1. The van der Waals surface area contributed by atoms with Crippen molar-refractivity contribution < 1.29 is 14.0 Å². The van der Waals surface area contributed by atoms with E-state index in [2.05, 4.69) is 17.5 Å². The Bertz CT molecular complexity index is 542. The van der Waals surface area contributed by atoms with Gasteiger partial charge in [-0.3, -0.25) is 9.59 Å². The van der Waals surface area contributed by atoms with Gasteiger partial charge in [0.1, 0.15) is 0 Å². The van der Waals surface area contributed by atoms with Gasteiger partial charge in [0.2, 0.25) is 5.91 Å². The summed E-state index contributed by atoms with van der Waals surface area (Å²) in [6.45, 7) is 1.32. The lowest BCUT2D eigenvalue weighted by Gasteiger charge is -2.32. The molecule has 1 atom stereocenters. The van der Waals surface area contributed by atoms with Crippen molar-refractivity contribution in [2.75, 3.05) is 13.1 Å². The van der Waals surface area contributed by atoms with E-state index in [-0.39, 0.29) is 23.8 Å². The monoisotopic (exact) mass is 302 g/mol. The maximum Gasteiger partial charge on any atom is 0.289 e. The van der Waals surface area contributed by atoms with Crippen LogP contribution in [-0.4, -0.2) is 35.8 Å². The first-order chi connectivity index (χ1) is 10.7. The Kier molecular flexibility index (Phi) is 4.61. The number of nitrogens with zero attached hydrogens (tertiary/aromatic N) is 1. The van der Waals surface area contributed by atoms with Crippen molar-refractivity contribution in [3.8, 4) is 0 Å². The number of allylic oxidation sites excluding steroid dienone is 2. The summed E-state index contributed by atoms with van der Waals surface area (Å²) in [5.41, 5.74) is 0. The second kappa shape index (κ2) is 6.81. The van der Waals surface area contributed by atoms with Crippen LogP contribution >= 0.6 is 0 Å². The molecule has 1 fully saturated rings. The number of likely N-dealkylation sites (tertiary alicyclic amines) is 1. The van der Waals surface area contributed by atoms with Crippen LogP contribution in [-0.2, 0) is 4.79 Å². The molecule has 22 heavy (non-hydrogen) atoms. The molecule has 0 bridgehead atoms. The fraction of sp³-hybridized carbons (Fsp3) is 0.529. The molecule has 0 saturated carbocycles. The van der Waals surface area contributed by atoms with E-state index in [1.807, 2.05) is 0 Å². The third kappa shape index (κ3) is 3.40. The number of nitrogens with one attached hydrogen (secondary N) is 1. The first-order valence-electron chi connectivity index (χ1n) is 8.02. The Morgan fingerprint density at radius 3 is 2.64 bits per heavy atom. The molecular formula is C17H22N2O3. The fourth-order valence-corrected chi connectivity index (χ4v) is 3.13. The molecule has 1 aliphatic carbocycles. The number of furan rings is 1. The van der Waals surface area contributed by atoms with Gasteiger partial charge in [0.05, 0.1) is 6.26 Å². The average Bonchev–Trinajstić information content (AvgIpc) is 3.10. The molecule has 1 aliphatic heterocycles. The van der Waals surface area contributed by atoms with Gasteiger partial charge in [0.25, 0.3) is 5.91 Å². The predicted octanol–water partition coefficient (Wildman–Crippen LogP) is 2.36. The first-order valence-corrected chi connectivity index (χ1v) is 8.02. The quantitative estimate of drug-likeness (QED) is 0.872. The third-order valence-electron chi connectivity index (χ3n) is 4.50. The van der Waals surface area contributed by atoms with Crippen LogP contribution in [0, 0.1) is 5.92 Å². The van der Waals surface area contributed by atoms with Crippen LogP contribution in [0.15, 0.2) is 35.0 Å². The Hall–Kier alpha value is -2.04. The van der Waals surface area contributed by atoms with Gasteiger partial charge in [-0.25, -0.2) is 0 Å². The number of piperidine rings is 1. The van der Waals surface area contributed by atoms with Crippen LogP contribution in [0.4, 0.5) is 0 Å². The molecule has 0 aromatic carbocycles. The number of carbonyl (C=O) groups is 2. The summed E-state index contributed by atoms with van der Waals surface area (Å²) >= 11 is 0. The summed E-state index contributed by atoms with van der Waals surface area (Å²) in [6, 6.07) is 3.59. The second-order valence-electron chi connectivity index (χ2n) is 6.03. The minimum Gasteiger partial charge on any atom is -0.459 e. The zero-order valence-corrected chi connectivity index (χ0v) is 12.7. The average molecular weight is 302 g/mol. The molecule has 118 valence electrons. The normalized spacial score (nSPS) is 22.5. The minimum absolute atomic E-state index is 0.0628. The van der Waals surface area contributed by atoms with E-state index in [0.717, 1.165) is 32.1 Å². The van der Waals surface area contributed by atoms with Gasteiger partial charge in [0, 0.05) is 25.0 Å². The molecule has 5 heteroatoms. The lowest BCUT2D eigenvalue weighted by molar-refractivity contribution is -0.126. The lowest BCUT2D eigenvalue weighted by atomic mass is 9.93. The van der Waals surface area contributed by atoms with Crippen molar-refractivity contribution in [2.24, 2.45) is 5.92 Å². The van der Waals surface area contributed by atoms with Gasteiger partial charge in [-0.15, -0.1) is 0 Å². The summed E-state index contributed by atoms with van der Waals surface area (Å²) < 4.78 is 5.15. The molecule has 1 aromatic heterocycles. The fourth-order valence-electron chi connectivity index (χ4n) is 3.13. The number of amides is 2. The van der Waals surface area contributed by atoms with Crippen LogP contribution < -0.4 is 5.32 Å². The van der Waals surface area contributed by atoms with Gasteiger partial charge in [-0.05, 0) is 44.2 Å². The van der Waals surface area contributed by atoms with Crippen molar-refractivity contribution >= 4 is 11.8 Å². The molecule has 2 aliphatic rings. The highest BCUT2D eigenvalue weighted by Gasteiger charge is 2.27. The van der Waals surface area contributed by atoms with Crippen molar-refractivity contribution in [1.29, 1.82) is 0 Å². The molecule has 0 unspecified atom stereocenters. The van der Waals surface area contributed by atoms with E-state index >= 15 is 0 Å². The van der Waals surface area contributed by atoms with Crippen molar-refractivity contribution in [3.05, 3.63) is 36.3 Å². The zero-order valence-electron chi connectivity index (χ0n) is 12.7. The predicted molar refractivity (Wildman–Crippen MR) is 82.3 cm³/mol. The molecule has 2 heterocycles. The zero-order chi connectivity index (χ0) is 15.4. The van der Waals surface area contributed by atoms with Crippen LogP contribution in [0.5, 0.6) is 0 Å². The maximum absolute atomic E-state index is 12.2. The van der Waals surface area contributed by atoms with E-state index in [1.165, 1.54) is 6.26 Å². The third-order valence-corrected chi connectivity index (χ3v) is 4.50. The summed E-state index contributed by atoms with van der Waals surface area (Å²) in [5.74, 6) is 0.608. The van der Waals surface area contributed by atoms with E-state index < -0.39 is 0 Å². The van der Waals surface area contributed by atoms with Crippen LogP contribution in [0.2, 0.25) is 0 Å².